The summed E-state index contributed by atoms with van der Waals surface area (Å²) in [6, 6.07) is 11.7. The van der Waals surface area contributed by atoms with Crippen molar-refractivity contribution in [1.82, 2.24) is 10.3 Å². The number of nitrogens with one attached hydrogen (secondary N) is 1. The number of pyridine rings is 1. The van der Waals surface area contributed by atoms with Crippen molar-refractivity contribution in [2.24, 2.45) is 0 Å². The van der Waals surface area contributed by atoms with E-state index in [4.69, 9.17) is 5.11 Å². The lowest BCUT2D eigenvalue weighted by Crippen LogP contribution is -2.25. The predicted octanol–water partition coefficient (Wildman–Crippen LogP) is 1.36. The molecule has 92 valence electrons. The molecule has 0 radical (unpaired) electrons. The topological polar surface area (TPSA) is 62.2 Å². The van der Waals surface area contributed by atoms with Gasteiger partial charge < -0.3 is 10.4 Å². The highest BCUT2D eigenvalue weighted by atomic mass is 16.3. The summed E-state index contributed by atoms with van der Waals surface area (Å²) in [7, 11) is 0. The Bertz CT molecular complexity index is 509. The lowest BCUT2D eigenvalue weighted by molar-refractivity contribution is -0.123. The van der Waals surface area contributed by atoms with E-state index in [-0.39, 0.29) is 5.91 Å². The maximum absolute atomic E-state index is 10.9. The van der Waals surface area contributed by atoms with E-state index >= 15 is 0 Å². The quantitative estimate of drug-likeness (QED) is 0.851. The Morgan fingerprint density at radius 2 is 1.94 bits per heavy atom. The summed E-state index contributed by atoms with van der Waals surface area (Å²) in [4.78, 5) is 15.0. The molecule has 2 N–H and O–H groups in total. The molecular weight excluding hydrogens is 228 g/mol. The zero-order valence-corrected chi connectivity index (χ0v) is 9.84. The van der Waals surface area contributed by atoms with E-state index in [2.05, 4.69) is 10.3 Å². The van der Waals surface area contributed by atoms with Crippen LogP contribution in [-0.2, 0) is 11.3 Å². The van der Waals surface area contributed by atoms with Crippen LogP contribution in [0.25, 0.3) is 11.1 Å². The van der Waals surface area contributed by atoms with Gasteiger partial charge in [0.2, 0.25) is 5.91 Å². The van der Waals surface area contributed by atoms with Gasteiger partial charge in [-0.05, 0) is 22.8 Å². The molecule has 1 amide bonds. The minimum atomic E-state index is -0.478. The standard InChI is InChI=1S/C14H14N2O2/c17-10-14(18)16-8-11-3-5-12(6-4-11)13-2-1-7-15-9-13/h1-7,9,17H,8,10H2,(H,16,18). The van der Waals surface area contributed by atoms with Crippen molar-refractivity contribution >= 4 is 5.91 Å². The molecule has 0 aliphatic heterocycles. The Hall–Kier alpha value is -2.20. The van der Waals surface area contributed by atoms with Gasteiger partial charge in [0.05, 0.1) is 0 Å². The first kappa shape index (κ1) is 12.3. The lowest BCUT2D eigenvalue weighted by Gasteiger charge is -2.05. The third kappa shape index (κ3) is 3.15. The first-order valence-electron chi connectivity index (χ1n) is 5.66. The van der Waals surface area contributed by atoms with E-state index in [0.29, 0.717) is 6.54 Å². The molecule has 0 saturated heterocycles. The van der Waals surface area contributed by atoms with E-state index in [1.54, 1.807) is 6.20 Å². The van der Waals surface area contributed by atoms with Crippen LogP contribution in [0.2, 0.25) is 0 Å². The zero-order chi connectivity index (χ0) is 12.8. The molecule has 0 saturated carbocycles. The second kappa shape index (κ2) is 5.93. The Balaban J connectivity index is 2.04. The summed E-state index contributed by atoms with van der Waals surface area (Å²) in [5.74, 6) is -0.369. The fraction of sp³-hybridized carbons (Fsp3) is 0.143. The zero-order valence-electron chi connectivity index (χ0n) is 9.84. The summed E-state index contributed by atoms with van der Waals surface area (Å²) < 4.78 is 0. The molecule has 0 aliphatic rings. The van der Waals surface area contributed by atoms with Gasteiger partial charge in [-0.1, -0.05) is 30.3 Å². The number of hydrogen-bond donors (Lipinski definition) is 2. The molecule has 4 nitrogen and oxygen atoms in total. The Morgan fingerprint density at radius 1 is 1.17 bits per heavy atom. The number of carbonyl (C=O) groups is 1. The number of aliphatic hydroxyl groups is 1. The van der Waals surface area contributed by atoms with E-state index in [9.17, 15) is 4.79 Å². The second-order valence-electron chi connectivity index (χ2n) is 3.87. The fourth-order valence-corrected chi connectivity index (χ4v) is 1.61. The summed E-state index contributed by atoms with van der Waals surface area (Å²) in [6.45, 7) is -0.0551. The molecule has 18 heavy (non-hydrogen) atoms. The first-order valence-corrected chi connectivity index (χ1v) is 5.66. The van der Waals surface area contributed by atoms with Crippen molar-refractivity contribution in [1.29, 1.82) is 0 Å². The molecule has 0 fully saturated rings. The smallest absolute Gasteiger partial charge is 0.245 e. The van der Waals surface area contributed by atoms with Gasteiger partial charge in [-0.3, -0.25) is 9.78 Å². The highest BCUT2D eigenvalue weighted by molar-refractivity contribution is 5.76. The number of amides is 1. The van der Waals surface area contributed by atoms with Crippen LogP contribution in [0.4, 0.5) is 0 Å². The molecule has 1 heterocycles. The van der Waals surface area contributed by atoms with Crippen LogP contribution in [0.3, 0.4) is 0 Å². The van der Waals surface area contributed by atoms with E-state index in [0.717, 1.165) is 16.7 Å². The minimum absolute atomic E-state index is 0.369. The molecule has 0 aliphatic carbocycles. The average molecular weight is 242 g/mol. The molecule has 1 aromatic heterocycles. The molecular formula is C14H14N2O2. The molecule has 1 aromatic carbocycles. The van der Waals surface area contributed by atoms with Crippen molar-refractivity contribution in [3.05, 3.63) is 54.4 Å². The third-order valence-corrected chi connectivity index (χ3v) is 2.58. The number of aromatic nitrogens is 1. The van der Waals surface area contributed by atoms with Crippen LogP contribution in [0, 0.1) is 0 Å². The van der Waals surface area contributed by atoms with E-state index in [1.807, 2.05) is 42.6 Å². The van der Waals surface area contributed by atoms with Gasteiger partial charge in [0.25, 0.3) is 0 Å². The Kier molecular flexibility index (Phi) is 4.04. The van der Waals surface area contributed by atoms with Crippen LogP contribution >= 0.6 is 0 Å². The van der Waals surface area contributed by atoms with E-state index < -0.39 is 6.61 Å². The third-order valence-electron chi connectivity index (χ3n) is 2.58. The maximum Gasteiger partial charge on any atom is 0.245 e. The minimum Gasteiger partial charge on any atom is -0.387 e. The molecule has 0 bridgehead atoms. The van der Waals surface area contributed by atoms with Crippen molar-refractivity contribution in [3.8, 4) is 11.1 Å². The van der Waals surface area contributed by atoms with Crippen LogP contribution < -0.4 is 5.32 Å². The highest BCUT2D eigenvalue weighted by Crippen LogP contribution is 2.18. The van der Waals surface area contributed by atoms with Gasteiger partial charge >= 0.3 is 0 Å². The number of hydrogen-bond acceptors (Lipinski definition) is 3. The van der Waals surface area contributed by atoms with Crippen LogP contribution in [0.15, 0.2) is 48.8 Å². The van der Waals surface area contributed by atoms with Gasteiger partial charge in [0.1, 0.15) is 6.61 Å². The number of rotatable bonds is 4. The summed E-state index contributed by atoms with van der Waals surface area (Å²) in [5, 5.41) is 11.2. The van der Waals surface area contributed by atoms with Crippen LogP contribution in [0.1, 0.15) is 5.56 Å². The van der Waals surface area contributed by atoms with Gasteiger partial charge in [-0.15, -0.1) is 0 Å². The van der Waals surface area contributed by atoms with Gasteiger partial charge in [-0.25, -0.2) is 0 Å². The van der Waals surface area contributed by atoms with Crippen molar-refractivity contribution in [3.63, 3.8) is 0 Å². The molecule has 2 aromatic rings. The largest absolute Gasteiger partial charge is 0.387 e. The molecule has 0 spiro atoms. The first-order chi connectivity index (χ1) is 8.79. The monoisotopic (exact) mass is 242 g/mol. The number of carbonyl (C=O) groups excluding carboxylic acids is 1. The maximum atomic E-state index is 10.9. The lowest BCUT2D eigenvalue weighted by atomic mass is 10.1. The van der Waals surface area contributed by atoms with Crippen molar-refractivity contribution < 1.29 is 9.90 Å². The molecule has 0 atom stereocenters. The van der Waals surface area contributed by atoms with Crippen LogP contribution in [0.5, 0.6) is 0 Å². The number of aliphatic hydroxyl groups excluding tert-OH is 1. The Morgan fingerprint density at radius 3 is 2.56 bits per heavy atom. The molecule has 4 heteroatoms. The molecule has 2 rings (SSSR count). The summed E-state index contributed by atoms with van der Waals surface area (Å²) in [6.07, 6.45) is 3.55. The van der Waals surface area contributed by atoms with Crippen molar-refractivity contribution in [2.45, 2.75) is 6.54 Å². The summed E-state index contributed by atoms with van der Waals surface area (Å²) >= 11 is 0. The highest BCUT2D eigenvalue weighted by Gasteiger charge is 2.00. The predicted molar refractivity (Wildman–Crippen MR) is 68.6 cm³/mol. The summed E-state index contributed by atoms with van der Waals surface area (Å²) in [5.41, 5.74) is 3.13. The van der Waals surface area contributed by atoms with E-state index in [1.165, 1.54) is 0 Å². The second-order valence-corrected chi connectivity index (χ2v) is 3.87. The van der Waals surface area contributed by atoms with Crippen LogP contribution in [-0.4, -0.2) is 22.6 Å². The normalized spacial score (nSPS) is 10.1. The van der Waals surface area contributed by atoms with Gasteiger partial charge in [-0.2, -0.15) is 0 Å². The van der Waals surface area contributed by atoms with Gasteiger partial charge in [0, 0.05) is 18.9 Å². The average Bonchev–Trinajstić information content (AvgIpc) is 2.46. The number of nitrogens with zero attached hydrogens (tertiary/aromatic N) is 1. The number of benzene rings is 1. The Labute approximate surface area is 105 Å². The van der Waals surface area contributed by atoms with Crippen molar-refractivity contribution in [2.75, 3.05) is 6.61 Å². The SMILES string of the molecule is O=C(CO)NCc1ccc(-c2cccnc2)cc1. The van der Waals surface area contributed by atoms with Gasteiger partial charge in [0.15, 0.2) is 0 Å². The molecule has 0 unspecified atom stereocenters. The fourth-order valence-electron chi connectivity index (χ4n) is 1.61.